The number of carbonyl (C=O) groups excluding carboxylic acids is 1. The lowest BCUT2D eigenvalue weighted by Gasteiger charge is -2.39. The Morgan fingerprint density at radius 2 is 1.76 bits per heavy atom. The third-order valence-corrected chi connectivity index (χ3v) is 6.77. The number of aliphatic hydroxyl groups is 6. The van der Waals surface area contributed by atoms with Gasteiger partial charge in [0.05, 0.1) is 31.5 Å². The minimum atomic E-state index is -1.56. The summed E-state index contributed by atoms with van der Waals surface area (Å²) in [6.45, 7) is 0.623. The van der Waals surface area contributed by atoms with E-state index in [0.717, 1.165) is 0 Å². The summed E-state index contributed by atoms with van der Waals surface area (Å²) in [6, 6.07) is 6.39. The molecule has 192 valence electrons. The van der Waals surface area contributed by atoms with E-state index in [1.807, 2.05) is 0 Å². The molecule has 9 atom stereocenters. The van der Waals surface area contributed by atoms with Gasteiger partial charge in [0.25, 0.3) is 0 Å². The van der Waals surface area contributed by atoms with Gasteiger partial charge in [-0.25, -0.2) is 4.79 Å². The van der Waals surface area contributed by atoms with Gasteiger partial charge < -0.3 is 49.6 Å². The van der Waals surface area contributed by atoms with Gasteiger partial charge in [-0.2, -0.15) is 0 Å². The van der Waals surface area contributed by atoms with Crippen LogP contribution < -0.4 is 4.74 Å². The summed E-state index contributed by atoms with van der Waals surface area (Å²) in [4.78, 5) is 12.7. The molecule has 0 spiro atoms. The fraction of sp³-hybridized carbons (Fsp3) is 0.696. The van der Waals surface area contributed by atoms with Crippen molar-refractivity contribution < 1.29 is 54.4 Å². The Balaban J connectivity index is 1.65. The van der Waals surface area contributed by atoms with Gasteiger partial charge >= 0.3 is 5.97 Å². The quantitative estimate of drug-likeness (QED) is 0.231. The van der Waals surface area contributed by atoms with E-state index in [0.29, 0.717) is 11.3 Å². The molecule has 2 fully saturated rings. The number of benzene rings is 1. The number of hydrogen-bond donors (Lipinski definition) is 6. The van der Waals surface area contributed by atoms with Crippen LogP contribution in [-0.4, -0.2) is 106 Å². The highest BCUT2D eigenvalue weighted by Crippen LogP contribution is 2.44. The van der Waals surface area contributed by atoms with Crippen LogP contribution in [0.15, 0.2) is 24.3 Å². The molecular formula is C23H34O11. The van der Waals surface area contributed by atoms with Crippen molar-refractivity contribution in [1.82, 2.24) is 0 Å². The largest absolute Gasteiger partial charge is 0.497 e. The Hall–Kier alpha value is -1.83. The normalized spacial score (nSPS) is 38.0. The molecule has 1 saturated carbocycles. The van der Waals surface area contributed by atoms with E-state index < -0.39 is 66.8 Å². The summed E-state index contributed by atoms with van der Waals surface area (Å²) in [6.07, 6.45) is -7.36. The van der Waals surface area contributed by atoms with Gasteiger partial charge in [0.15, 0.2) is 6.29 Å². The SMILES string of the molecule is COc1ccc(C(=O)O[C@@H]2C[C@](C)(O)[C@@H](CO)[C@H]2CCO[C@@H]2O[C@H](CO)[C@@H](O)[C@H](O)[C@H]2O)cc1. The highest BCUT2D eigenvalue weighted by Gasteiger charge is 2.51. The van der Waals surface area contributed by atoms with E-state index in [-0.39, 0.29) is 26.1 Å². The average molecular weight is 487 g/mol. The molecule has 1 aliphatic carbocycles. The van der Waals surface area contributed by atoms with Gasteiger partial charge in [0, 0.05) is 24.9 Å². The summed E-state index contributed by atoms with van der Waals surface area (Å²) >= 11 is 0. The first-order valence-electron chi connectivity index (χ1n) is 11.2. The molecule has 0 aromatic heterocycles. The van der Waals surface area contributed by atoms with E-state index >= 15 is 0 Å². The third-order valence-electron chi connectivity index (χ3n) is 6.77. The number of ether oxygens (including phenoxy) is 4. The zero-order chi connectivity index (χ0) is 25.0. The van der Waals surface area contributed by atoms with Crippen molar-refractivity contribution in [1.29, 1.82) is 0 Å². The lowest BCUT2D eigenvalue weighted by atomic mass is 9.86. The minimum Gasteiger partial charge on any atom is -0.497 e. The Kier molecular flexibility index (Phi) is 8.87. The molecule has 3 rings (SSSR count). The molecule has 1 saturated heterocycles. The van der Waals surface area contributed by atoms with Crippen molar-refractivity contribution in [3.05, 3.63) is 29.8 Å². The number of rotatable bonds is 9. The van der Waals surface area contributed by atoms with Gasteiger partial charge in [-0.1, -0.05) is 0 Å². The molecular weight excluding hydrogens is 452 g/mol. The van der Waals surface area contributed by atoms with Gasteiger partial charge in [-0.3, -0.25) is 0 Å². The van der Waals surface area contributed by atoms with Gasteiger partial charge in [-0.15, -0.1) is 0 Å². The van der Waals surface area contributed by atoms with E-state index in [1.54, 1.807) is 31.2 Å². The maximum atomic E-state index is 12.7. The summed E-state index contributed by atoms with van der Waals surface area (Å²) in [7, 11) is 1.51. The van der Waals surface area contributed by atoms with Crippen molar-refractivity contribution in [2.75, 3.05) is 26.9 Å². The van der Waals surface area contributed by atoms with E-state index in [9.17, 15) is 35.4 Å². The Bertz CT molecular complexity index is 797. The zero-order valence-electron chi connectivity index (χ0n) is 19.2. The van der Waals surface area contributed by atoms with Crippen LogP contribution in [0.1, 0.15) is 30.1 Å². The Labute approximate surface area is 197 Å². The second-order valence-electron chi connectivity index (χ2n) is 9.04. The Morgan fingerprint density at radius 1 is 1.09 bits per heavy atom. The molecule has 1 aromatic carbocycles. The summed E-state index contributed by atoms with van der Waals surface area (Å²) < 4.78 is 21.7. The van der Waals surface area contributed by atoms with Crippen LogP contribution in [0.25, 0.3) is 0 Å². The van der Waals surface area contributed by atoms with E-state index in [1.165, 1.54) is 7.11 Å². The molecule has 0 amide bonds. The molecule has 0 unspecified atom stereocenters. The first kappa shape index (κ1) is 26.8. The van der Waals surface area contributed by atoms with Crippen molar-refractivity contribution in [2.45, 2.75) is 62.2 Å². The van der Waals surface area contributed by atoms with Gasteiger partial charge in [0.2, 0.25) is 0 Å². The van der Waals surface area contributed by atoms with Crippen LogP contribution in [0.4, 0.5) is 0 Å². The van der Waals surface area contributed by atoms with Crippen molar-refractivity contribution in [3.63, 3.8) is 0 Å². The maximum Gasteiger partial charge on any atom is 0.338 e. The second kappa shape index (κ2) is 11.3. The molecule has 6 N–H and O–H groups in total. The molecule has 1 heterocycles. The number of esters is 1. The number of hydrogen-bond acceptors (Lipinski definition) is 11. The second-order valence-corrected chi connectivity index (χ2v) is 9.04. The minimum absolute atomic E-state index is 0.0312. The lowest BCUT2D eigenvalue weighted by molar-refractivity contribution is -0.301. The van der Waals surface area contributed by atoms with Crippen LogP contribution in [0.5, 0.6) is 5.75 Å². The van der Waals surface area contributed by atoms with Gasteiger partial charge in [-0.05, 0) is 37.6 Å². The predicted octanol–water partition coefficient (Wildman–Crippen LogP) is -1.19. The molecule has 2 aliphatic rings. The molecule has 34 heavy (non-hydrogen) atoms. The molecule has 11 nitrogen and oxygen atoms in total. The third kappa shape index (κ3) is 5.69. The molecule has 0 bridgehead atoms. The first-order chi connectivity index (χ1) is 16.1. The van der Waals surface area contributed by atoms with Gasteiger partial charge in [0.1, 0.15) is 36.3 Å². The highest BCUT2D eigenvalue weighted by molar-refractivity contribution is 5.89. The van der Waals surface area contributed by atoms with Crippen molar-refractivity contribution in [2.24, 2.45) is 11.8 Å². The predicted molar refractivity (Wildman–Crippen MR) is 116 cm³/mol. The summed E-state index contributed by atoms with van der Waals surface area (Å²) in [5.74, 6) is -1.06. The Morgan fingerprint density at radius 3 is 2.35 bits per heavy atom. The number of methoxy groups -OCH3 is 1. The van der Waals surface area contributed by atoms with E-state index in [2.05, 4.69) is 0 Å². The van der Waals surface area contributed by atoms with Crippen molar-refractivity contribution in [3.8, 4) is 5.75 Å². The topological polar surface area (TPSA) is 175 Å². The zero-order valence-corrected chi connectivity index (χ0v) is 19.2. The lowest BCUT2D eigenvalue weighted by Crippen LogP contribution is -2.59. The van der Waals surface area contributed by atoms with Crippen LogP contribution in [0.2, 0.25) is 0 Å². The van der Waals surface area contributed by atoms with E-state index in [4.69, 9.17) is 18.9 Å². The average Bonchev–Trinajstić information content (AvgIpc) is 3.07. The van der Waals surface area contributed by atoms with Crippen LogP contribution in [-0.2, 0) is 14.2 Å². The fourth-order valence-electron chi connectivity index (χ4n) is 4.74. The monoisotopic (exact) mass is 486 g/mol. The molecule has 11 heteroatoms. The summed E-state index contributed by atoms with van der Waals surface area (Å²) in [5, 5.41) is 59.9. The fourth-order valence-corrected chi connectivity index (χ4v) is 4.74. The van der Waals surface area contributed by atoms with Crippen LogP contribution in [0, 0.1) is 11.8 Å². The van der Waals surface area contributed by atoms with Crippen LogP contribution in [0.3, 0.4) is 0 Å². The molecule has 1 aliphatic heterocycles. The smallest absolute Gasteiger partial charge is 0.338 e. The highest BCUT2D eigenvalue weighted by atomic mass is 16.7. The van der Waals surface area contributed by atoms with Crippen LogP contribution >= 0.6 is 0 Å². The maximum absolute atomic E-state index is 12.7. The molecule has 0 radical (unpaired) electrons. The standard InChI is InChI=1S/C23H34O11/c1-23(30)9-16(33-21(29)12-3-5-13(31-2)6-4-12)14(15(23)10-24)7-8-32-22-20(28)19(27)18(26)17(11-25)34-22/h3-6,14-20,22,24-28,30H,7-11H2,1-2H3/t14-,15+,16-,17-,18-,19+,20-,22-,23+/m1/s1. The number of aliphatic hydroxyl groups excluding tert-OH is 5. The summed E-state index contributed by atoms with van der Waals surface area (Å²) in [5.41, 5.74) is -0.975. The first-order valence-corrected chi connectivity index (χ1v) is 11.2. The number of carbonyl (C=O) groups is 1. The molecule has 1 aromatic rings. The van der Waals surface area contributed by atoms with Crippen molar-refractivity contribution >= 4 is 5.97 Å².